The topological polar surface area (TPSA) is 37.8 Å². The number of aromatic nitrogens is 2. The van der Waals surface area contributed by atoms with E-state index in [0.717, 1.165) is 5.69 Å². The third-order valence-corrected chi connectivity index (χ3v) is 3.62. The zero-order valence-corrected chi connectivity index (χ0v) is 10.8. The standard InChI is InChI=1S/C14H13N3S/c1-15-14(13-9-18-17-16-13)12-8-4-6-10-5-2-3-7-11(10)12/h2-9,14-15H,1H3. The van der Waals surface area contributed by atoms with Crippen LogP contribution in [0, 0.1) is 0 Å². The summed E-state index contributed by atoms with van der Waals surface area (Å²) in [7, 11) is 1.95. The van der Waals surface area contributed by atoms with Gasteiger partial charge in [0.1, 0.15) is 0 Å². The minimum Gasteiger partial charge on any atom is -0.308 e. The lowest BCUT2D eigenvalue weighted by atomic mass is 9.97. The van der Waals surface area contributed by atoms with E-state index in [-0.39, 0.29) is 6.04 Å². The third-order valence-electron chi connectivity index (χ3n) is 3.10. The maximum absolute atomic E-state index is 4.18. The highest BCUT2D eigenvalue weighted by atomic mass is 32.1. The average Bonchev–Trinajstić information content (AvgIpc) is 2.94. The maximum Gasteiger partial charge on any atom is 0.0970 e. The van der Waals surface area contributed by atoms with Crippen molar-refractivity contribution < 1.29 is 0 Å². The average molecular weight is 255 g/mol. The van der Waals surface area contributed by atoms with Gasteiger partial charge in [0.2, 0.25) is 0 Å². The van der Waals surface area contributed by atoms with E-state index in [9.17, 15) is 0 Å². The fraction of sp³-hybridized carbons (Fsp3) is 0.143. The van der Waals surface area contributed by atoms with Gasteiger partial charge < -0.3 is 5.32 Å². The van der Waals surface area contributed by atoms with E-state index in [1.54, 1.807) is 0 Å². The summed E-state index contributed by atoms with van der Waals surface area (Å²) in [6.45, 7) is 0. The van der Waals surface area contributed by atoms with Crippen LogP contribution in [0.1, 0.15) is 17.3 Å². The highest BCUT2D eigenvalue weighted by molar-refractivity contribution is 7.03. The molecule has 3 rings (SSSR count). The number of rotatable bonds is 3. The smallest absolute Gasteiger partial charge is 0.0970 e. The SMILES string of the molecule is CNC(c1csnn1)c1cccc2ccccc12. The van der Waals surface area contributed by atoms with Crippen molar-refractivity contribution in [3.63, 3.8) is 0 Å². The monoisotopic (exact) mass is 255 g/mol. The van der Waals surface area contributed by atoms with Crippen LogP contribution in [0.25, 0.3) is 10.8 Å². The zero-order chi connectivity index (χ0) is 12.4. The van der Waals surface area contributed by atoms with Crippen molar-refractivity contribution in [3.8, 4) is 0 Å². The Bertz CT molecular complexity index is 644. The fourth-order valence-electron chi connectivity index (χ4n) is 2.26. The normalized spacial score (nSPS) is 12.7. The number of hydrogen-bond acceptors (Lipinski definition) is 4. The highest BCUT2D eigenvalue weighted by Gasteiger charge is 2.16. The van der Waals surface area contributed by atoms with Crippen LogP contribution < -0.4 is 5.32 Å². The summed E-state index contributed by atoms with van der Waals surface area (Å²) in [6.07, 6.45) is 0. The van der Waals surface area contributed by atoms with Crippen LogP contribution in [0.5, 0.6) is 0 Å². The second-order valence-electron chi connectivity index (χ2n) is 4.12. The number of fused-ring (bicyclic) bond motifs is 1. The first-order valence-corrected chi connectivity index (χ1v) is 6.65. The molecule has 0 fully saturated rings. The number of nitrogens with one attached hydrogen (secondary N) is 1. The lowest BCUT2D eigenvalue weighted by Gasteiger charge is -2.16. The van der Waals surface area contributed by atoms with Crippen LogP contribution in [-0.2, 0) is 0 Å². The Balaban J connectivity index is 2.18. The first-order chi connectivity index (χ1) is 8.90. The predicted octanol–water partition coefficient (Wildman–Crippen LogP) is 3.00. The van der Waals surface area contributed by atoms with Crippen LogP contribution >= 0.6 is 11.5 Å². The van der Waals surface area contributed by atoms with Crippen LogP contribution in [0.3, 0.4) is 0 Å². The van der Waals surface area contributed by atoms with Gasteiger partial charge >= 0.3 is 0 Å². The minimum absolute atomic E-state index is 0.0925. The van der Waals surface area contributed by atoms with E-state index in [0.29, 0.717) is 0 Å². The molecule has 0 saturated carbocycles. The zero-order valence-electron chi connectivity index (χ0n) is 10.00. The van der Waals surface area contributed by atoms with Gasteiger partial charge in [0.15, 0.2) is 0 Å². The van der Waals surface area contributed by atoms with E-state index < -0.39 is 0 Å². The van der Waals surface area contributed by atoms with Crippen LogP contribution in [0.2, 0.25) is 0 Å². The quantitative estimate of drug-likeness (QED) is 0.781. The molecule has 3 nitrogen and oxygen atoms in total. The van der Waals surface area contributed by atoms with Crippen LogP contribution in [0.4, 0.5) is 0 Å². The van der Waals surface area contributed by atoms with E-state index in [2.05, 4.69) is 57.4 Å². The minimum atomic E-state index is 0.0925. The molecule has 1 N–H and O–H groups in total. The van der Waals surface area contributed by atoms with Gasteiger partial charge in [0.05, 0.1) is 11.7 Å². The molecular weight excluding hydrogens is 242 g/mol. The molecule has 90 valence electrons. The van der Waals surface area contributed by atoms with Gasteiger partial charge in [-0.1, -0.05) is 47.0 Å². The summed E-state index contributed by atoms with van der Waals surface area (Å²) in [6, 6.07) is 14.9. The van der Waals surface area contributed by atoms with Crippen molar-refractivity contribution >= 4 is 22.3 Å². The molecular formula is C14H13N3S. The first-order valence-electron chi connectivity index (χ1n) is 5.82. The van der Waals surface area contributed by atoms with E-state index >= 15 is 0 Å². The van der Waals surface area contributed by atoms with Gasteiger partial charge in [0, 0.05) is 5.38 Å². The molecule has 0 saturated heterocycles. The summed E-state index contributed by atoms with van der Waals surface area (Å²) < 4.78 is 3.95. The summed E-state index contributed by atoms with van der Waals surface area (Å²) in [5.41, 5.74) is 2.21. The highest BCUT2D eigenvalue weighted by Crippen LogP contribution is 2.27. The Hall–Kier alpha value is -1.78. The van der Waals surface area contributed by atoms with Gasteiger partial charge in [-0.25, -0.2) is 0 Å². The van der Waals surface area contributed by atoms with Crippen molar-refractivity contribution in [2.24, 2.45) is 0 Å². The molecule has 0 radical (unpaired) electrons. The second kappa shape index (κ2) is 4.84. The van der Waals surface area contributed by atoms with Gasteiger partial charge in [-0.2, -0.15) is 0 Å². The van der Waals surface area contributed by atoms with Crippen molar-refractivity contribution in [3.05, 3.63) is 59.1 Å². The molecule has 4 heteroatoms. The predicted molar refractivity (Wildman–Crippen MR) is 74.8 cm³/mol. The largest absolute Gasteiger partial charge is 0.308 e. The lowest BCUT2D eigenvalue weighted by Crippen LogP contribution is -2.18. The molecule has 0 spiro atoms. The Morgan fingerprint density at radius 2 is 1.94 bits per heavy atom. The van der Waals surface area contributed by atoms with Crippen molar-refractivity contribution in [2.75, 3.05) is 7.05 Å². The van der Waals surface area contributed by atoms with Crippen LogP contribution in [0.15, 0.2) is 47.8 Å². The first kappa shape index (κ1) is 11.3. The van der Waals surface area contributed by atoms with Gasteiger partial charge in [-0.05, 0) is 34.9 Å². The molecule has 0 amide bonds. The summed E-state index contributed by atoms with van der Waals surface area (Å²) in [5, 5.41) is 12.0. The fourth-order valence-corrected chi connectivity index (χ4v) is 2.74. The van der Waals surface area contributed by atoms with Gasteiger partial charge in [-0.3, -0.25) is 0 Å². The van der Waals surface area contributed by atoms with Gasteiger partial charge in [-0.15, -0.1) is 5.10 Å². The van der Waals surface area contributed by atoms with Crippen molar-refractivity contribution in [1.29, 1.82) is 0 Å². The Labute approximate surface area is 110 Å². The summed E-state index contributed by atoms with van der Waals surface area (Å²) >= 11 is 1.38. The molecule has 1 aromatic heterocycles. The molecule has 1 heterocycles. The van der Waals surface area contributed by atoms with Crippen molar-refractivity contribution in [1.82, 2.24) is 14.9 Å². The molecule has 0 aliphatic carbocycles. The summed E-state index contributed by atoms with van der Waals surface area (Å²) in [5.74, 6) is 0. The maximum atomic E-state index is 4.18. The molecule has 0 bridgehead atoms. The molecule has 0 aliphatic rings. The molecule has 1 atom stereocenters. The van der Waals surface area contributed by atoms with Gasteiger partial charge in [0.25, 0.3) is 0 Å². The summed E-state index contributed by atoms with van der Waals surface area (Å²) in [4.78, 5) is 0. The molecule has 1 unspecified atom stereocenters. The lowest BCUT2D eigenvalue weighted by molar-refractivity contribution is 0.672. The molecule has 18 heavy (non-hydrogen) atoms. The number of benzene rings is 2. The van der Waals surface area contributed by atoms with E-state index in [1.807, 2.05) is 12.4 Å². The molecule has 2 aromatic carbocycles. The Morgan fingerprint density at radius 1 is 1.11 bits per heavy atom. The van der Waals surface area contributed by atoms with Crippen molar-refractivity contribution in [2.45, 2.75) is 6.04 Å². The van der Waals surface area contributed by atoms with Crippen LogP contribution in [-0.4, -0.2) is 16.6 Å². The number of hydrogen-bond donors (Lipinski definition) is 1. The Kier molecular flexibility index (Phi) is 3.04. The number of nitrogens with zero attached hydrogens (tertiary/aromatic N) is 2. The second-order valence-corrected chi connectivity index (χ2v) is 4.73. The molecule has 0 aliphatic heterocycles. The van der Waals surface area contributed by atoms with E-state index in [1.165, 1.54) is 27.9 Å². The molecule has 3 aromatic rings. The Morgan fingerprint density at radius 3 is 2.72 bits per heavy atom. The van der Waals surface area contributed by atoms with E-state index in [4.69, 9.17) is 0 Å². The third kappa shape index (κ3) is 1.89.